The summed E-state index contributed by atoms with van der Waals surface area (Å²) in [6.07, 6.45) is -3.19. The highest BCUT2D eigenvalue weighted by molar-refractivity contribution is 6.20. The highest BCUT2D eigenvalue weighted by Gasteiger charge is 2.39. The Labute approximate surface area is 123 Å². The molecule has 22 heavy (non-hydrogen) atoms. The molecule has 2 amide bonds. The maximum absolute atomic E-state index is 13.0. The van der Waals surface area contributed by atoms with Crippen LogP contribution in [0.1, 0.15) is 32.0 Å². The molecule has 0 N–H and O–H groups in total. The molecule has 0 atom stereocenters. The van der Waals surface area contributed by atoms with Crippen LogP contribution in [-0.2, 0) is 12.7 Å². The van der Waals surface area contributed by atoms with Crippen LogP contribution in [0.25, 0.3) is 0 Å². The fourth-order valence-corrected chi connectivity index (χ4v) is 2.36. The first kappa shape index (κ1) is 14.2. The first-order valence-electron chi connectivity index (χ1n) is 6.36. The molecule has 1 aromatic heterocycles. The topological polar surface area (TPSA) is 50.3 Å². The van der Waals surface area contributed by atoms with E-state index < -0.39 is 30.1 Å². The van der Waals surface area contributed by atoms with Crippen molar-refractivity contribution in [2.45, 2.75) is 12.7 Å². The van der Waals surface area contributed by atoms with Crippen LogP contribution in [0, 0.1) is 0 Å². The van der Waals surface area contributed by atoms with Crippen molar-refractivity contribution in [3.8, 4) is 0 Å². The number of pyridine rings is 1. The molecule has 2 aromatic rings. The quantitative estimate of drug-likeness (QED) is 0.802. The van der Waals surface area contributed by atoms with Crippen molar-refractivity contribution in [3.05, 3.63) is 65.0 Å². The average Bonchev–Trinajstić information content (AvgIpc) is 2.72. The van der Waals surface area contributed by atoms with Crippen molar-refractivity contribution in [1.82, 2.24) is 9.88 Å². The van der Waals surface area contributed by atoms with Gasteiger partial charge in [-0.25, -0.2) is 0 Å². The average molecular weight is 306 g/mol. The van der Waals surface area contributed by atoms with Crippen molar-refractivity contribution >= 4 is 11.8 Å². The lowest BCUT2D eigenvalue weighted by molar-refractivity contribution is -0.138. The fourth-order valence-electron chi connectivity index (χ4n) is 2.36. The van der Waals surface area contributed by atoms with Gasteiger partial charge < -0.3 is 0 Å². The molecular weight excluding hydrogens is 297 g/mol. The molecule has 1 aliphatic heterocycles. The second-order valence-electron chi connectivity index (χ2n) is 4.75. The minimum atomic E-state index is -4.55. The SMILES string of the molecule is O=C1c2cccnc2C(=O)N1Cc1ccccc1C(F)(F)F. The maximum Gasteiger partial charge on any atom is 0.416 e. The van der Waals surface area contributed by atoms with E-state index in [1.54, 1.807) is 0 Å². The zero-order valence-corrected chi connectivity index (χ0v) is 11.1. The minimum Gasteiger partial charge on any atom is -0.268 e. The van der Waals surface area contributed by atoms with Crippen molar-refractivity contribution in [2.24, 2.45) is 0 Å². The highest BCUT2D eigenvalue weighted by Crippen LogP contribution is 2.33. The summed E-state index contributed by atoms with van der Waals surface area (Å²) in [5, 5.41) is 0. The van der Waals surface area contributed by atoms with E-state index in [4.69, 9.17) is 0 Å². The summed E-state index contributed by atoms with van der Waals surface area (Å²) in [6, 6.07) is 7.79. The Kier molecular flexibility index (Phi) is 3.20. The summed E-state index contributed by atoms with van der Waals surface area (Å²) in [5.41, 5.74) is -0.919. The Morgan fingerprint density at radius 2 is 1.73 bits per heavy atom. The highest BCUT2D eigenvalue weighted by atomic mass is 19.4. The summed E-state index contributed by atoms with van der Waals surface area (Å²) in [4.78, 5) is 28.9. The first-order valence-corrected chi connectivity index (χ1v) is 6.36. The Balaban J connectivity index is 1.97. The van der Waals surface area contributed by atoms with Gasteiger partial charge in [0, 0.05) is 6.20 Å². The predicted molar refractivity (Wildman–Crippen MR) is 69.9 cm³/mol. The molecule has 0 saturated heterocycles. The summed E-state index contributed by atoms with van der Waals surface area (Å²) >= 11 is 0. The van der Waals surface area contributed by atoms with E-state index in [9.17, 15) is 22.8 Å². The lowest BCUT2D eigenvalue weighted by atomic mass is 10.1. The smallest absolute Gasteiger partial charge is 0.268 e. The number of benzene rings is 1. The van der Waals surface area contributed by atoms with Gasteiger partial charge in [0.05, 0.1) is 17.7 Å². The molecule has 0 radical (unpaired) electrons. The van der Waals surface area contributed by atoms with Crippen LogP contribution in [-0.4, -0.2) is 21.7 Å². The van der Waals surface area contributed by atoms with Crippen LogP contribution in [0.5, 0.6) is 0 Å². The lowest BCUT2D eigenvalue weighted by Gasteiger charge is -2.17. The summed E-state index contributed by atoms with van der Waals surface area (Å²) < 4.78 is 38.9. The van der Waals surface area contributed by atoms with Gasteiger partial charge in [-0.3, -0.25) is 19.5 Å². The van der Waals surface area contributed by atoms with Gasteiger partial charge in [0.2, 0.25) is 0 Å². The van der Waals surface area contributed by atoms with Gasteiger partial charge in [0.15, 0.2) is 0 Å². The number of hydrogen-bond acceptors (Lipinski definition) is 3. The number of aromatic nitrogens is 1. The number of amides is 2. The molecule has 1 aliphatic rings. The molecule has 4 nitrogen and oxygen atoms in total. The Morgan fingerprint density at radius 3 is 2.41 bits per heavy atom. The number of rotatable bonds is 2. The van der Waals surface area contributed by atoms with Crippen molar-refractivity contribution in [2.75, 3.05) is 0 Å². The van der Waals surface area contributed by atoms with Gasteiger partial charge in [-0.15, -0.1) is 0 Å². The monoisotopic (exact) mass is 306 g/mol. The van der Waals surface area contributed by atoms with E-state index in [0.717, 1.165) is 11.0 Å². The number of nitrogens with zero attached hydrogens (tertiary/aromatic N) is 2. The second kappa shape index (κ2) is 4.94. The molecule has 2 heterocycles. The lowest BCUT2D eigenvalue weighted by Crippen LogP contribution is -2.30. The molecule has 0 saturated carbocycles. The van der Waals surface area contributed by atoms with Gasteiger partial charge in [-0.2, -0.15) is 13.2 Å². The van der Waals surface area contributed by atoms with Crippen LogP contribution in [0.3, 0.4) is 0 Å². The molecule has 7 heteroatoms. The minimum absolute atomic E-state index is 0.0306. The van der Waals surface area contributed by atoms with Crippen LogP contribution < -0.4 is 0 Å². The Hall–Kier alpha value is -2.70. The number of halogens is 3. The molecule has 3 rings (SSSR count). The zero-order valence-electron chi connectivity index (χ0n) is 11.1. The van der Waals surface area contributed by atoms with E-state index >= 15 is 0 Å². The number of imide groups is 1. The number of alkyl halides is 3. The third kappa shape index (κ3) is 2.24. The Morgan fingerprint density at radius 1 is 1.00 bits per heavy atom. The van der Waals surface area contributed by atoms with Crippen molar-refractivity contribution in [3.63, 3.8) is 0 Å². The number of carbonyl (C=O) groups is 2. The molecule has 0 spiro atoms. The van der Waals surface area contributed by atoms with E-state index in [1.165, 1.54) is 36.5 Å². The first-order chi connectivity index (χ1) is 10.4. The maximum atomic E-state index is 13.0. The van der Waals surface area contributed by atoms with Gasteiger partial charge in [0.1, 0.15) is 5.69 Å². The van der Waals surface area contributed by atoms with E-state index in [2.05, 4.69) is 4.98 Å². The van der Waals surface area contributed by atoms with Crippen LogP contribution >= 0.6 is 0 Å². The zero-order chi connectivity index (χ0) is 15.9. The van der Waals surface area contributed by atoms with Gasteiger partial charge in [-0.05, 0) is 23.8 Å². The third-order valence-electron chi connectivity index (χ3n) is 3.38. The van der Waals surface area contributed by atoms with E-state index in [-0.39, 0.29) is 16.8 Å². The molecule has 112 valence electrons. The molecule has 0 aliphatic carbocycles. The normalized spacial score (nSPS) is 14.4. The van der Waals surface area contributed by atoms with Crippen LogP contribution in [0.4, 0.5) is 13.2 Å². The summed E-state index contributed by atoms with van der Waals surface area (Å²) in [7, 11) is 0. The standard InChI is InChI=1S/C15H9F3N2O2/c16-15(17,18)11-6-2-1-4-9(11)8-20-13(21)10-5-3-7-19-12(10)14(20)22/h1-7H,8H2. The second-order valence-corrected chi connectivity index (χ2v) is 4.75. The van der Waals surface area contributed by atoms with Crippen LogP contribution in [0.15, 0.2) is 42.6 Å². The Bertz CT molecular complexity index is 736. The predicted octanol–water partition coefficient (Wildman–Crippen LogP) is 2.90. The van der Waals surface area contributed by atoms with E-state index in [1.807, 2.05) is 0 Å². The molecule has 0 unspecified atom stereocenters. The third-order valence-corrected chi connectivity index (χ3v) is 3.38. The molecular formula is C15H9F3N2O2. The van der Waals surface area contributed by atoms with E-state index in [0.29, 0.717) is 0 Å². The molecule has 0 fully saturated rings. The largest absolute Gasteiger partial charge is 0.416 e. The van der Waals surface area contributed by atoms with Crippen LogP contribution in [0.2, 0.25) is 0 Å². The molecule has 0 bridgehead atoms. The van der Waals surface area contributed by atoms with Gasteiger partial charge in [0.25, 0.3) is 11.8 Å². The van der Waals surface area contributed by atoms with Gasteiger partial charge in [-0.1, -0.05) is 18.2 Å². The summed E-state index contributed by atoms with van der Waals surface area (Å²) in [6.45, 7) is -0.441. The van der Waals surface area contributed by atoms with Crippen molar-refractivity contribution < 1.29 is 22.8 Å². The molecule has 1 aromatic carbocycles. The van der Waals surface area contributed by atoms with Crippen molar-refractivity contribution in [1.29, 1.82) is 0 Å². The number of fused-ring (bicyclic) bond motifs is 1. The number of carbonyl (C=O) groups excluding carboxylic acids is 2. The number of hydrogen-bond donors (Lipinski definition) is 0. The fraction of sp³-hybridized carbons (Fsp3) is 0.133. The van der Waals surface area contributed by atoms with Gasteiger partial charge >= 0.3 is 6.18 Å². The summed E-state index contributed by atoms with van der Waals surface area (Å²) in [5.74, 6) is -1.32.